The maximum Gasteiger partial charge on any atom is 0.275 e. The first-order chi connectivity index (χ1) is 9.18. The molecule has 0 spiro atoms. The van der Waals surface area contributed by atoms with E-state index in [2.05, 4.69) is 75.8 Å². The molecular formula is C18H26Cl2N2. The molecule has 2 nitrogen and oxygen atoms in total. The van der Waals surface area contributed by atoms with Gasteiger partial charge in [-0.15, -0.1) is 0 Å². The van der Waals surface area contributed by atoms with Crippen LogP contribution in [0.4, 0.5) is 0 Å². The van der Waals surface area contributed by atoms with Crippen molar-refractivity contribution in [3.8, 4) is 11.4 Å². The van der Waals surface area contributed by atoms with Gasteiger partial charge in [-0.25, -0.2) is 9.97 Å². The highest BCUT2D eigenvalue weighted by molar-refractivity contribution is 5.50. The predicted octanol–water partition coefficient (Wildman–Crippen LogP) is -2.42. The van der Waals surface area contributed by atoms with Crippen LogP contribution in [0.1, 0.15) is 52.7 Å². The molecule has 2 N–H and O–H groups in total. The van der Waals surface area contributed by atoms with Crippen LogP contribution in [0, 0.1) is 0 Å². The second-order valence-electron chi connectivity index (χ2n) is 7.48. The molecule has 0 atom stereocenters. The van der Waals surface area contributed by atoms with E-state index in [1.807, 2.05) is 12.4 Å². The van der Waals surface area contributed by atoms with E-state index in [9.17, 15) is 0 Å². The molecule has 122 valence electrons. The number of nitrogens with one attached hydrogen (secondary N) is 2. The molecule has 4 heteroatoms. The Morgan fingerprint density at radius 1 is 0.636 bits per heavy atom. The molecule has 0 unspecified atom stereocenters. The fourth-order valence-electron chi connectivity index (χ4n) is 2.18. The van der Waals surface area contributed by atoms with E-state index in [0.29, 0.717) is 0 Å². The van der Waals surface area contributed by atoms with Gasteiger partial charge in [-0.3, -0.25) is 0 Å². The molecular weight excluding hydrogens is 315 g/mol. The van der Waals surface area contributed by atoms with Crippen molar-refractivity contribution in [3.63, 3.8) is 0 Å². The van der Waals surface area contributed by atoms with Crippen LogP contribution < -0.4 is 34.8 Å². The molecule has 2 aromatic heterocycles. The Bertz CT molecular complexity index is 555. The van der Waals surface area contributed by atoms with Crippen molar-refractivity contribution < 1.29 is 34.8 Å². The highest BCUT2D eigenvalue weighted by Crippen LogP contribution is 2.26. The Hall–Kier alpha value is -1.12. The molecule has 0 aliphatic heterocycles. The summed E-state index contributed by atoms with van der Waals surface area (Å²) >= 11 is 0. The number of H-pyrrole nitrogens is 2. The molecule has 22 heavy (non-hydrogen) atoms. The van der Waals surface area contributed by atoms with Crippen LogP contribution in [0.25, 0.3) is 11.4 Å². The number of hydrogen-bond acceptors (Lipinski definition) is 0. The topological polar surface area (TPSA) is 28.3 Å². The number of aromatic amines is 2. The Morgan fingerprint density at radius 3 is 1.23 bits per heavy atom. The molecule has 2 heterocycles. The molecule has 0 bridgehead atoms. The van der Waals surface area contributed by atoms with Crippen molar-refractivity contribution in [2.24, 2.45) is 0 Å². The maximum absolute atomic E-state index is 3.34. The zero-order chi connectivity index (χ0) is 15.0. The summed E-state index contributed by atoms with van der Waals surface area (Å²) in [5.41, 5.74) is 5.24. The van der Waals surface area contributed by atoms with Gasteiger partial charge in [0.25, 0.3) is 11.4 Å². The average molecular weight is 341 g/mol. The van der Waals surface area contributed by atoms with Crippen LogP contribution in [-0.2, 0) is 10.8 Å². The lowest BCUT2D eigenvalue weighted by molar-refractivity contribution is -0.402. The van der Waals surface area contributed by atoms with Crippen LogP contribution in [0.2, 0.25) is 0 Å². The van der Waals surface area contributed by atoms with Crippen molar-refractivity contribution in [2.45, 2.75) is 52.4 Å². The summed E-state index contributed by atoms with van der Waals surface area (Å²) in [5, 5.41) is 0. The third-order valence-corrected chi connectivity index (χ3v) is 3.63. The minimum absolute atomic E-state index is 0. The van der Waals surface area contributed by atoms with Crippen molar-refractivity contribution in [2.75, 3.05) is 0 Å². The second-order valence-corrected chi connectivity index (χ2v) is 7.48. The summed E-state index contributed by atoms with van der Waals surface area (Å²) < 4.78 is 0. The molecule has 0 amide bonds. The van der Waals surface area contributed by atoms with E-state index < -0.39 is 0 Å². The monoisotopic (exact) mass is 340 g/mol. The average Bonchev–Trinajstić information content (AvgIpc) is 2.37. The first-order valence-corrected chi connectivity index (χ1v) is 7.23. The van der Waals surface area contributed by atoms with Crippen molar-refractivity contribution in [1.29, 1.82) is 0 Å². The molecule has 0 fully saturated rings. The summed E-state index contributed by atoms with van der Waals surface area (Å²) in [6, 6.07) is 8.77. The Labute approximate surface area is 146 Å². The zero-order valence-electron chi connectivity index (χ0n) is 14.2. The van der Waals surface area contributed by atoms with Crippen LogP contribution in [-0.4, -0.2) is 0 Å². The van der Waals surface area contributed by atoms with Crippen molar-refractivity contribution >= 4 is 0 Å². The van der Waals surface area contributed by atoms with E-state index in [1.54, 1.807) is 0 Å². The van der Waals surface area contributed by atoms with Crippen LogP contribution >= 0.6 is 0 Å². The first kappa shape index (κ1) is 20.9. The van der Waals surface area contributed by atoms with E-state index in [4.69, 9.17) is 0 Å². The fraction of sp³-hybridized carbons (Fsp3) is 0.444. The van der Waals surface area contributed by atoms with Gasteiger partial charge < -0.3 is 24.8 Å². The Morgan fingerprint density at radius 2 is 0.955 bits per heavy atom. The number of rotatable bonds is 1. The van der Waals surface area contributed by atoms with Gasteiger partial charge in [-0.1, -0.05) is 41.5 Å². The smallest absolute Gasteiger partial charge is 0.275 e. The predicted molar refractivity (Wildman–Crippen MR) is 82.4 cm³/mol. The molecule has 2 aromatic rings. The van der Waals surface area contributed by atoms with E-state index in [-0.39, 0.29) is 35.6 Å². The standard InChI is InChI=1S/C18H24N2.2ClH/c1-17(2,3)13-7-9-19-15(11-13)16-12-14(8-10-20-16)18(4,5)6;;/h7-12H,1-6H3;2*1H. The lowest BCUT2D eigenvalue weighted by atomic mass is 9.86. The largest absolute Gasteiger partial charge is 1.00 e. The lowest BCUT2D eigenvalue weighted by Gasteiger charge is -2.18. The van der Waals surface area contributed by atoms with Crippen molar-refractivity contribution in [3.05, 3.63) is 47.8 Å². The third-order valence-electron chi connectivity index (χ3n) is 3.63. The molecule has 0 saturated heterocycles. The van der Waals surface area contributed by atoms with E-state index >= 15 is 0 Å². The summed E-state index contributed by atoms with van der Waals surface area (Å²) in [6.07, 6.45) is 4.04. The van der Waals surface area contributed by atoms with Gasteiger partial charge in [-0.05, 0) is 22.0 Å². The summed E-state index contributed by atoms with van der Waals surface area (Å²) in [7, 11) is 0. The molecule has 0 saturated carbocycles. The molecule has 2 rings (SSSR count). The maximum atomic E-state index is 3.34. The Kier molecular flexibility index (Phi) is 7.05. The highest BCUT2D eigenvalue weighted by Gasteiger charge is 2.22. The van der Waals surface area contributed by atoms with E-state index in [1.165, 1.54) is 11.1 Å². The van der Waals surface area contributed by atoms with Crippen LogP contribution in [0.3, 0.4) is 0 Å². The van der Waals surface area contributed by atoms with Crippen LogP contribution in [0.5, 0.6) is 0 Å². The summed E-state index contributed by atoms with van der Waals surface area (Å²) in [4.78, 5) is 6.69. The quantitative estimate of drug-likeness (QED) is 0.553. The minimum atomic E-state index is 0. The van der Waals surface area contributed by atoms with Crippen LogP contribution in [0.15, 0.2) is 36.7 Å². The van der Waals surface area contributed by atoms with Gasteiger partial charge in [0.05, 0.1) is 0 Å². The lowest BCUT2D eigenvalue weighted by Crippen LogP contribution is -3.00. The summed E-state index contributed by atoms with van der Waals surface area (Å²) in [6.45, 7) is 13.4. The Balaban J connectivity index is 0.00000220. The van der Waals surface area contributed by atoms with Gasteiger partial charge in [0.1, 0.15) is 0 Å². The van der Waals surface area contributed by atoms with Gasteiger partial charge >= 0.3 is 0 Å². The molecule has 0 radical (unpaired) electrons. The van der Waals surface area contributed by atoms with Gasteiger partial charge in [0.2, 0.25) is 0 Å². The van der Waals surface area contributed by atoms with Gasteiger partial charge in [0, 0.05) is 24.3 Å². The fourth-order valence-corrected chi connectivity index (χ4v) is 2.18. The van der Waals surface area contributed by atoms with Crippen molar-refractivity contribution in [1.82, 2.24) is 0 Å². The molecule has 0 aromatic carbocycles. The minimum Gasteiger partial charge on any atom is -1.00 e. The number of halogens is 2. The molecule has 0 aliphatic rings. The van der Waals surface area contributed by atoms with Gasteiger partial charge in [0.15, 0.2) is 12.4 Å². The zero-order valence-corrected chi connectivity index (χ0v) is 15.7. The summed E-state index contributed by atoms with van der Waals surface area (Å²) in [5.74, 6) is 0. The number of aromatic nitrogens is 2. The second kappa shape index (κ2) is 7.43. The highest BCUT2D eigenvalue weighted by atomic mass is 35.5. The first-order valence-electron chi connectivity index (χ1n) is 7.23. The number of hydrogen-bond donors (Lipinski definition) is 0. The SMILES string of the molecule is CC(C)(C)c1cc[nH+]c(-c2cc(C(C)(C)C)cc[nH+]2)c1.[Cl-].[Cl-]. The molecule has 0 aliphatic carbocycles. The van der Waals surface area contributed by atoms with E-state index in [0.717, 1.165) is 11.4 Å². The normalized spacial score (nSPS) is 11.4. The van der Waals surface area contributed by atoms with Gasteiger partial charge in [-0.2, -0.15) is 0 Å². The number of pyridine rings is 2. The third kappa shape index (κ3) is 4.96.